The molecule has 0 saturated carbocycles. The molecule has 0 N–H and O–H groups in total. The second-order valence-electron chi connectivity index (χ2n) is 4.45. The van der Waals surface area contributed by atoms with Gasteiger partial charge in [-0.25, -0.2) is 13.8 Å². The molecule has 0 spiro atoms. The molecule has 0 unspecified atom stereocenters. The number of benzene rings is 2. The maximum atomic E-state index is 14.4. The first kappa shape index (κ1) is 15.5. The number of imidazole rings is 1. The van der Waals surface area contributed by atoms with Gasteiger partial charge in [0.2, 0.25) is 0 Å². The van der Waals surface area contributed by atoms with E-state index in [-0.39, 0.29) is 20.9 Å². The molecular formula is C15H7BrCl2F2N2. The number of nitrogens with zero attached hydrogens (tertiary/aromatic N) is 2. The minimum Gasteiger partial charge on any atom is -0.297 e. The van der Waals surface area contributed by atoms with Crippen LogP contribution in [0.3, 0.4) is 0 Å². The van der Waals surface area contributed by atoms with Gasteiger partial charge < -0.3 is 0 Å². The Hall–Kier alpha value is -1.43. The zero-order chi connectivity index (χ0) is 15.9. The topological polar surface area (TPSA) is 17.8 Å². The van der Waals surface area contributed by atoms with E-state index in [0.717, 1.165) is 6.07 Å². The fourth-order valence-corrected chi connectivity index (χ4v) is 2.78. The molecule has 1 heterocycles. The third-order valence-electron chi connectivity index (χ3n) is 3.11. The molecule has 0 radical (unpaired) electrons. The number of halogens is 5. The van der Waals surface area contributed by atoms with Gasteiger partial charge >= 0.3 is 0 Å². The minimum absolute atomic E-state index is 0.00542. The third kappa shape index (κ3) is 2.64. The standard InChI is InChI=1S/C15H7BrCl2F2N2/c16-10-5-6-11(19)12(13(10)20)14-15(18)21-7-22(14)9-3-1-8(17)2-4-9/h1-7H. The zero-order valence-corrected chi connectivity index (χ0v) is 13.9. The van der Waals surface area contributed by atoms with Gasteiger partial charge in [0.15, 0.2) is 5.15 Å². The molecule has 2 nitrogen and oxygen atoms in total. The van der Waals surface area contributed by atoms with Crippen molar-refractivity contribution >= 4 is 39.1 Å². The fourth-order valence-electron chi connectivity index (χ4n) is 2.09. The highest BCUT2D eigenvalue weighted by Crippen LogP contribution is 2.36. The first-order valence-corrected chi connectivity index (χ1v) is 7.66. The molecule has 0 fully saturated rings. The molecule has 0 aliphatic carbocycles. The minimum atomic E-state index is -0.738. The van der Waals surface area contributed by atoms with Crippen molar-refractivity contribution in [3.05, 3.63) is 69.0 Å². The van der Waals surface area contributed by atoms with Gasteiger partial charge in [0.05, 0.1) is 15.7 Å². The zero-order valence-electron chi connectivity index (χ0n) is 10.8. The molecule has 1 aromatic heterocycles. The first-order chi connectivity index (χ1) is 10.5. The van der Waals surface area contributed by atoms with Crippen molar-refractivity contribution < 1.29 is 8.78 Å². The van der Waals surface area contributed by atoms with E-state index in [4.69, 9.17) is 23.2 Å². The summed E-state index contributed by atoms with van der Waals surface area (Å²) in [7, 11) is 0. The van der Waals surface area contributed by atoms with E-state index < -0.39 is 11.6 Å². The Morgan fingerprint density at radius 1 is 1.00 bits per heavy atom. The third-order valence-corrected chi connectivity index (χ3v) is 4.25. The lowest BCUT2D eigenvalue weighted by atomic mass is 10.1. The fraction of sp³-hybridized carbons (Fsp3) is 0. The van der Waals surface area contributed by atoms with Gasteiger partial charge in [-0.05, 0) is 52.3 Å². The number of rotatable bonds is 2. The molecule has 0 atom stereocenters. The highest BCUT2D eigenvalue weighted by Gasteiger charge is 2.22. The van der Waals surface area contributed by atoms with Crippen molar-refractivity contribution in [3.8, 4) is 16.9 Å². The number of aromatic nitrogens is 2. The quantitative estimate of drug-likeness (QED) is 0.488. The van der Waals surface area contributed by atoms with Gasteiger partial charge in [0.1, 0.15) is 18.0 Å². The molecular weight excluding hydrogens is 397 g/mol. The molecule has 3 aromatic rings. The summed E-state index contributed by atoms with van der Waals surface area (Å²) in [5.74, 6) is -1.46. The molecule has 0 aliphatic rings. The molecule has 0 saturated heterocycles. The van der Waals surface area contributed by atoms with Crippen LogP contribution in [0.25, 0.3) is 16.9 Å². The maximum Gasteiger partial charge on any atom is 0.155 e. The average Bonchev–Trinajstić information content (AvgIpc) is 2.86. The van der Waals surface area contributed by atoms with E-state index >= 15 is 0 Å². The van der Waals surface area contributed by atoms with Crippen molar-refractivity contribution in [2.45, 2.75) is 0 Å². The summed E-state index contributed by atoms with van der Waals surface area (Å²) in [6, 6.07) is 9.21. The Balaban J connectivity index is 2.27. The SMILES string of the molecule is Fc1ccc(Br)c(F)c1-c1c(Cl)ncn1-c1ccc(Cl)cc1. The van der Waals surface area contributed by atoms with Gasteiger partial charge in [0.25, 0.3) is 0 Å². The molecule has 22 heavy (non-hydrogen) atoms. The highest BCUT2D eigenvalue weighted by molar-refractivity contribution is 9.10. The normalized spacial score (nSPS) is 11.0. The Morgan fingerprint density at radius 2 is 1.68 bits per heavy atom. The van der Waals surface area contributed by atoms with Gasteiger partial charge in [0, 0.05) is 10.7 Å². The van der Waals surface area contributed by atoms with Crippen molar-refractivity contribution in [3.63, 3.8) is 0 Å². The number of hydrogen-bond donors (Lipinski definition) is 0. The predicted octanol–water partition coefficient (Wildman–Crippen LogP) is 5.89. The van der Waals surface area contributed by atoms with E-state index in [1.165, 1.54) is 17.0 Å². The molecule has 112 valence electrons. The van der Waals surface area contributed by atoms with E-state index in [0.29, 0.717) is 10.7 Å². The lowest BCUT2D eigenvalue weighted by Gasteiger charge is -2.11. The number of hydrogen-bond acceptors (Lipinski definition) is 1. The van der Waals surface area contributed by atoms with Gasteiger partial charge in [-0.3, -0.25) is 4.57 Å². The van der Waals surface area contributed by atoms with Crippen molar-refractivity contribution in [2.75, 3.05) is 0 Å². The van der Waals surface area contributed by atoms with Crippen molar-refractivity contribution in [1.82, 2.24) is 9.55 Å². The summed E-state index contributed by atoms with van der Waals surface area (Å²) in [4.78, 5) is 3.95. The smallest absolute Gasteiger partial charge is 0.155 e. The molecule has 7 heteroatoms. The largest absolute Gasteiger partial charge is 0.297 e. The lowest BCUT2D eigenvalue weighted by Crippen LogP contribution is -2.00. The van der Waals surface area contributed by atoms with Crippen LogP contribution in [-0.4, -0.2) is 9.55 Å². The van der Waals surface area contributed by atoms with E-state index in [9.17, 15) is 8.78 Å². The average molecular weight is 404 g/mol. The highest BCUT2D eigenvalue weighted by atomic mass is 79.9. The van der Waals surface area contributed by atoms with Gasteiger partial charge in [-0.2, -0.15) is 0 Å². The predicted molar refractivity (Wildman–Crippen MR) is 86.6 cm³/mol. The van der Waals surface area contributed by atoms with Gasteiger partial charge in [-0.1, -0.05) is 23.2 Å². The summed E-state index contributed by atoms with van der Waals surface area (Å²) >= 11 is 15.0. The summed E-state index contributed by atoms with van der Waals surface area (Å²) in [6.45, 7) is 0. The van der Waals surface area contributed by atoms with Crippen LogP contribution in [-0.2, 0) is 0 Å². The van der Waals surface area contributed by atoms with Crippen LogP contribution in [0, 0.1) is 11.6 Å². The second-order valence-corrected chi connectivity index (χ2v) is 6.10. The summed E-state index contributed by atoms with van der Waals surface area (Å²) < 4.78 is 30.2. The summed E-state index contributed by atoms with van der Waals surface area (Å²) in [5, 5.41) is 0.558. The van der Waals surface area contributed by atoms with Crippen LogP contribution in [0.15, 0.2) is 47.2 Å². The molecule has 0 bridgehead atoms. The van der Waals surface area contributed by atoms with Crippen molar-refractivity contribution in [2.24, 2.45) is 0 Å². The van der Waals surface area contributed by atoms with Crippen LogP contribution in [0.4, 0.5) is 8.78 Å². The van der Waals surface area contributed by atoms with Crippen molar-refractivity contribution in [1.29, 1.82) is 0 Å². The van der Waals surface area contributed by atoms with E-state index in [2.05, 4.69) is 20.9 Å². The first-order valence-electron chi connectivity index (χ1n) is 6.11. The van der Waals surface area contributed by atoms with Gasteiger partial charge in [-0.15, -0.1) is 0 Å². The van der Waals surface area contributed by atoms with Crippen LogP contribution < -0.4 is 0 Å². The maximum absolute atomic E-state index is 14.4. The molecule has 0 aliphatic heterocycles. The lowest BCUT2D eigenvalue weighted by molar-refractivity contribution is 0.584. The van der Waals surface area contributed by atoms with Crippen LogP contribution in [0.2, 0.25) is 10.2 Å². The van der Waals surface area contributed by atoms with Crippen LogP contribution in [0.5, 0.6) is 0 Å². The van der Waals surface area contributed by atoms with E-state index in [1.807, 2.05) is 0 Å². The van der Waals surface area contributed by atoms with Crippen LogP contribution >= 0.6 is 39.1 Å². The molecule has 0 amide bonds. The summed E-state index contributed by atoms with van der Waals surface area (Å²) in [6.07, 6.45) is 1.40. The monoisotopic (exact) mass is 402 g/mol. The Bertz CT molecular complexity index is 847. The Kier molecular flexibility index (Phi) is 4.21. The molecule has 2 aromatic carbocycles. The second kappa shape index (κ2) is 5.99. The Morgan fingerprint density at radius 3 is 2.36 bits per heavy atom. The molecule has 3 rings (SSSR count). The van der Waals surface area contributed by atoms with E-state index in [1.54, 1.807) is 24.3 Å². The van der Waals surface area contributed by atoms with Crippen LogP contribution in [0.1, 0.15) is 0 Å². The Labute approximate surface area is 143 Å². The summed E-state index contributed by atoms with van der Waals surface area (Å²) in [5.41, 5.74) is 0.532.